The second kappa shape index (κ2) is 6.43. The van der Waals surface area contributed by atoms with Crippen molar-refractivity contribution in [2.24, 2.45) is 5.92 Å². The van der Waals surface area contributed by atoms with Gasteiger partial charge in [-0.2, -0.15) is 5.10 Å². The summed E-state index contributed by atoms with van der Waals surface area (Å²) in [5.74, 6) is 2.31. The maximum absolute atomic E-state index is 5.96. The lowest BCUT2D eigenvalue weighted by molar-refractivity contribution is 0.472. The van der Waals surface area contributed by atoms with Crippen molar-refractivity contribution in [3.8, 4) is 0 Å². The van der Waals surface area contributed by atoms with Crippen molar-refractivity contribution >= 4 is 33.4 Å². The summed E-state index contributed by atoms with van der Waals surface area (Å²) < 4.78 is 3.00. The highest BCUT2D eigenvalue weighted by atomic mass is 79.9. The zero-order chi connectivity index (χ0) is 13.8. The van der Waals surface area contributed by atoms with E-state index < -0.39 is 0 Å². The number of nitrogens with zero attached hydrogens (tertiary/aromatic N) is 3. The summed E-state index contributed by atoms with van der Waals surface area (Å²) in [5.41, 5.74) is 6.76. The van der Waals surface area contributed by atoms with Gasteiger partial charge in [0.1, 0.15) is 12.2 Å². The normalized spacial score (nSPS) is 11.2. The Kier molecular flexibility index (Phi) is 4.87. The first kappa shape index (κ1) is 14.4. The Balaban J connectivity index is 2.06. The monoisotopic (exact) mass is 340 g/mol. The van der Waals surface area contributed by atoms with Crippen molar-refractivity contribution in [3.05, 3.63) is 34.8 Å². The molecule has 2 rings (SSSR count). The van der Waals surface area contributed by atoms with Crippen molar-refractivity contribution < 1.29 is 0 Å². The van der Waals surface area contributed by atoms with Gasteiger partial charge in [-0.1, -0.05) is 29.8 Å². The third kappa shape index (κ3) is 3.98. The predicted octanol–water partition coefficient (Wildman–Crippen LogP) is 3.57. The zero-order valence-corrected chi connectivity index (χ0v) is 13.4. The van der Waals surface area contributed by atoms with Crippen molar-refractivity contribution in [2.75, 3.05) is 5.73 Å². The van der Waals surface area contributed by atoms with Crippen LogP contribution in [0, 0.1) is 5.92 Å². The SMILES string of the molecule is CC(C)Cn1ncnc1CSc1cc(Br)ccc1N. The fraction of sp³-hybridized carbons (Fsp3) is 0.385. The minimum absolute atomic E-state index is 0.557. The number of rotatable bonds is 5. The van der Waals surface area contributed by atoms with Gasteiger partial charge in [-0.3, -0.25) is 0 Å². The maximum atomic E-state index is 5.96. The molecule has 0 bridgehead atoms. The van der Waals surface area contributed by atoms with Gasteiger partial charge in [0.15, 0.2) is 0 Å². The molecule has 0 unspecified atom stereocenters. The summed E-state index contributed by atoms with van der Waals surface area (Å²) in [4.78, 5) is 5.38. The van der Waals surface area contributed by atoms with Gasteiger partial charge in [0.25, 0.3) is 0 Å². The smallest absolute Gasteiger partial charge is 0.138 e. The fourth-order valence-electron chi connectivity index (χ4n) is 1.67. The summed E-state index contributed by atoms with van der Waals surface area (Å²) in [5, 5.41) is 4.26. The highest BCUT2D eigenvalue weighted by Gasteiger charge is 2.08. The predicted molar refractivity (Wildman–Crippen MR) is 83.0 cm³/mol. The van der Waals surface area contributed by atoms with Crippen LogP contribution in [0.5, 0.6) is 0 Å². The Morgan fingerprint density at radius 2 is 2.21 bits per heavy atom. The van der Waals surface area contributed by atoms with E-state index in [1.54, 1.807) is 18.1 Å². The Morgan fingerprint density at radius 1 is 1.42 bits per heavy atom. The Bertz CT molecular complexity index is 553. The van der Waals surface area contributed by atoms with E-state index in [9.17, 15) is 0 Å². The summed E-state index contributed by atoms with van der Waals surface area (Å²) in [6.07, 6.45) is 1.61. The van der Waals surface area contributed by atoms with Gasteiger partial charge in [0, 0.05) is 21.6 Å². The van der Waals surface area contributed by atoms with Crippen molar-refractivity contribution in [3.63, 3.8) is 0 Å². The molecule has 0 fully saturated rings. The second-order valence-corrected chi connectivity index (χ2v) is 6.66. The average Bonchev–Trinajstić information content (AvgIpc) is 2.77. The van der Waals surface area contributed by atoms with E-state index in [0.717, 1.165) is 33.2 Å². The van der Waals surface area contributed by atoms with E-state index in [1.807, 2.05) is 22.9 Å². The molecule has 0 amide bonds. The number of nitrogens with two attached hydrogens (primary N) is 1. The van der Waals surface area contributed by atoms with E-state index in [-0.39, 0.29) is 0 Å². The highest BCUT2D eigenvalue weighted by molar-refractivity contribution is 9.10. The van der Waals surface area contributed by atoms with Gasteiger partial charge in [-0.05, 0) is 24.1 Å². The number of halogens is 1. The van der Waals surface area contributed by atoms with Gasteiger partial charge >= 0.3 is 0 Å². The van der Waals surface area contributed by atoms with Crippen LogP contribution < -0.4 is 5.73 Å². The summed E-state index contributed by atoms with van der Waals surface area (Å²) >= 11 is 5.14. The number of hydrogen-bond acceptors (Lipinski definition) is 4. The van der Waals surface area contributed by atoms with E-state index in [4.69, 9.17) is 5.73 Å². The Labute approximate surface area is 125 Å². The van der Waals surface area contributed by atoms with Crippen LogP contribution in [0.15, 0.2) is 33.9 Å². The van der Waals surface area contributed by atoms with Crippen LogP contribution in [0.4, 0.5) is 5.69 Å². The van der Waals surface area contributed by atoms with Crippen LogP contribution >= 0.6 is 27.7 Å². The minimum atomic E-state index is 0.557. The molecular weight excluding hydrogens is 324 g/mol. The first-order valence-electron chi connectivity index (χ1n) is 6.10. The molecule has 1 heterocycles. The van der Waals surface area contributed by atoms with Crippen molar-refractivity contribution in [1.82, 2.24) is 14.8 Å². The molecule has 0 radical (unpaired) electrons. The van der Waals surface area contributed by atoms with Crippen LogP contribution in [0.3, 0.4) is 0 Å². The third-order valence-corrected chi connectivity index (χ3v) is 4.13. The summed E-state index contributed by atoms with van der Waals surface area (Å²) in [6.45, 7) is 5.24. The molecule has 0 aliphatic rings. The molecule has 0 saturated carbocycles. The second-order valence-electron chi connectivity index (χ2n) is 4.72. The van der Waals surface area contributed by atoms with Gasteiger partial charge in [-0.25, -0.2) is 9.67 Å². The molecule has 102 valence electrons. The van der Waals surface area contributed by atoms with Crippen LogP contribution in [-0.2, 0) is 12.3 Å². The molecule has 2 N–H and O–H groups in total. The molecule has 0 aliphatic heterocycles. The van der Waals surface area contributed by atoms with Gasteiger partial charge in [0.05, 0.1) is 5.75 Å². The molecule has 6 heteroatoms. The third-order valence-electron chi connectivity index (χ3n) is 2.57. The molecule has 1 aromatic carbocycles. The standard InChI is InChI=1S/C13H17BrN4S/c1-9(2)6-18-13(16-8-17-18)7-19-12-5-10(14)3-4-11(12)15/h3-5,8-9H,6-7,15H2,1-2H3. The van der Waals surface area contributed by atoms with Gasteiger partial charge in [-0.15, -0.1) is 11.8 Å². The molecule has 0 spiro atoms. The number of benzene rings is 1. The molecule has 2 aromatic rings. The molecule has 4 nitrogen and oxygen atoms in total. The molecular formula is C13H17BrN4S. The topological polar surface area (TPSA) is 56.7 Å². The molecule has 0 atom stereocenters. The number of thioether (sulfide) groups is 1. The van der Waals surface area contributed by atoms with E-state index in [1.165, 1.54) is 0 Å². The van der Waals surface area contributed by atoms with E-state index >= 15 is 0 Å². The lowest BCUT2D eigenvalue weighted by atomic mass is 10.2. The number of hydrogen-bond donors (Lipinski definition) is 1. The Hall–Kier alpha value is -1.01. The van der Waals surface area contributed by atoms with Crippen molar-refractivity contribution in [2.45, 2.75) is 31.0 Å². The number of anilines is 1. The van der Waals surface area contributed by atoms with Gasteiger partial charge in [0.2, 0.25) is 0 Å². The van der Waals surface area contributed by atoms with Crippen LogP contribution in [-0.4, -0.2) is 14.8 Å². The van der Waals surface area contributed by atoms with E-state index in [2.05, 4.69) is 39.9 Å². The molecule has 1 aromatic heterocycles. The maximum Gasteiger partial charge on any atom is 0.138 e. The van der Waals surface area contributed by atoms with Gasteiger partial charge < -0.3 is 5.73 Å². The first-order chi connectivity index (χ1) is 9.06. The minimum Gasteiger partial charge on any atom is -0.398 e. The largest absolute Gasteiger partial charge is 0.398 e. The first-order valence-corrected chi connectivity index (χ1v) is 7.88. The highest BCUT2D eigenvalue weighted by Crippen LogP contribution is 2.30. The Morgan fingerprint density at radius 3 is 2.95 bits per heavy atom. The fourth-order valence-corrected chi connectivity index (χ4v) is 3.14. The zero-order valence-electron chi connectivity index (χ0n) is 11.0. The summed E-state index contributed by atoms with van der Waals surface area (Å²) in [7, 11) is 0. The summed E-state index contributed by atoms with van der Waals surface area (Å²) in [6, 6.07) is 5.88. The quantitative estimate of drug-likeness (QED) is 0.667. The van der Waals surface area contributed by atoms with Crippen molar-refractivity contribution in [1.29, 1.82) is 0 Å². The average molecular weight is 341 g/mol. The number of nitrogen functional groups attached to an aromatic ring is 1. The van der Waals surface area contributed by atoms with Crippen LogP contribution in [0.2, 0.25) is 0 Å². The van der Waals surface area contributed by atoms with Crippen LogP contribution in [0.25, 0.3) is 0 Å². The lowest BCUT2D eigenvalue weighted by Crippen LogP contribution is -2.09. The molecule has 0 aliphatic carbocycles. The number of aromatic nitrogens is 3. The van der Waals surface area contributed by atoms with E-state index in [0.29, 0.717) is 5.92 Å². The van der Waals surface area contributed by atoms with Crippen LogP contribution in [0.1, 0.15) is 19.7 Å². The lowest BCUT2D eigenvalue weighted by Gasteiger charge is -2.09. The molecule has 0 saturated heterocycles. The molecule has 19 heavy (non-hydrogen) atoms.